The number of anilines is 2. The highest BCUT2D eigenvalue weighted by Gasteiger charge is 2.16. The molecule has 0 saturated heterocycles. The van der Waals surface area contributed by atoms with Gasteiger partial charge in [0, 0.05) is 27.3 Å². The molecule has 1 atom stereocenters. The van der Waals surface area contributed by atoms with Crippen molar-refractivity contribution in [2.75, 3.05) is 30.7 Å². The van der Waals surface area contributed by atoms with Crippen molar-refractivity contribution in [1.29, 1.82) is 0 Å². The second-order valence-corrected chi connectivity index (χ2v) is 9.37. The molecule has 0 fully saturated rings. The van der Waals surface area contributed by atoms with Crippen LogP contribution in [0.15, 0.2) is 34.8 Å². The lowest BCUT2D eigenvalue weighted by atomic mass is 10.00. The molecule has 0 aliphatic heterocycles. The normalized spacial score (nSPS) is 12.5. The van der Waals surface area contributed by atoms with Crippen molar-refractivity contribution in [2.24, 2.45) is 0 Å². The molecule has 1 aromatic heterocycles. The van der Waals surface area contributed by atoms with E-state index in [1.807, 2.05) is 6.07 Å². The number of nitrogens with two attached hydrogens (primary N) is 1. The van der Waals surface area contributed by atoms with E-state index in [2.05, 4.69) is 56.9 Å². The molecule has 3 N–H and O–H groups in total. The minimum absolute atomic E-state index is 0.178. The number of nitrogens with one attached hydrogen (secondary N) is 1. The smallest absolute Gasteiger partial charge is 0.222 e. The molecule has 0 aliphatic carbocycles. The van der Waals surface area contributed by atoms with Gasteiger partial charge in [0.05, 0.1) is 5.52 Å². The Morgan fingerprint density at radius 2 is 1.91 bits per heavy atom. The first-order chi connectivity index (χ1) is 15.3. The minimum Gasteiger partial charge on any atom is -0.368 e. The predicted octanol–water partition coefficient (Wildman–Crippen LogP) is 6.28. The molecule has 0 spiro atoms. The topological polar surface area (TPSA) is 67.1 Å². The van der Waals surface area contributed by atoms with Crippen LogP contribution in [0.3, 0.4) is 0 Å². The largest absolute Gasteiger partial charge is 0.368 e. The second-order valence-electron chi connectivity index (χ2n) is 8.02. The van der Waals surface area contributed by atoms with Crippen molar-refractivity contribution in [3.05, 3.63) is 56.8 Å². The molecule has 8 heteroatoms. The maximum Gasteiger partial charge on any atom is 0.222 e. The van der Waals surface area contributed by atoms with Gasteiger partial charge in [-0.05, 0) is 80.9 Å². The van der Waals surface area contributed by atoms with Crippen LogP contribution in [0.5, 0.6) is 0 Å². The zero-order chi connectivity index (χ0) is 23.3. The van der Waals surface area contributed by atoms with Crippen LogP contribution in [-0.2, 0) is 6.42 Å². The maximum atomic E-state index is 14.5. The Balaban J connectivity index is 1.91. The van der Waals surface area contributed by atoms with Gasteiger partial charge in [-0.1, -0.05) is 41.4 Å². The lowest BCUT2D eigenvalue weighted by Gasteiger charge is -2.21. The number of fused-ring (bicyclic) bond motifs is 1. The number of hydrogen-bond acceptors (Lipinski definition) is 5. The molecular formula is C24H30BrClFN5. The molecule has 172 valence electrons. The van der Waals surface area contributed by atoms with Crippen LogP contribution in [0.25, 0.3) is 10.9 Å². The number of benzene rings is 2. The first-order valence-corrected chi connectivity index (χ1v) is 12.2. The van der Waals surface area contributed by atoms with Gasteiger partial charge in [0.15, 0.2) is 0 Å². The van der Waals surface area contributed by atoms with Crippen LogP contribution in [0.2, 0.25) is 5.02 Å². The summed E-state index contributed by atoms with van der Waals surface area (Å²) in [5.41, 5.74) is 8.06. The van der Waals surface area contributed by atoms with E-state index in [1.165, 1.54) is 6.07 Å². The van der Waals surface area contributed by atoms with Crippen LogP contribution in [-0.4, -0.2) is 40.5 Å². The van der Waals surface area contributed by atoms with Gasteiger partial charge in [-0.15, -0.1) is 0 Å². The lowest BCUT2D eigenvalue weighted by Crippen LogP contribution is -2.26. The van der Waals surface area contributed by atoms with Crippen LogP contribution < -0.4 is 11.1 Å². The van der Waals surface area contributed by atoms with Gasteiger partial charge in [-0.3, -0.25) is 0 Å². The van der Waals surface area contributed by atoms with Crippen LogP contribution >= 0.6 is 27.5 Å². The van der Waals surface area contributed by atoms with Crippen molar-refractivity contribution in [3.63, 3.8) is 0 Å². The highest BCUT2D eigenvalue weighted by atomic mass is 79.9. The highest BCUT2D eigenvalue weighted by Crippen LogP contribution is 2.32. The summed E-state index contributed by atoms with van der Waals surface area (Å²) in [6, 6.07) is 8.73. The molecular weight excluding hydrogens is 493 g/mol. The molecule has 1 heterocycles. The monoisotopic (exact) mass is 521 g/mol. The zero-order valence-electron chi connectivity index (χ0n) is 18.8. The summed E-state index contributed by atoms with van der Waals surface area (Å²) in [6.07, 6.45) is 2.43. The molecule has 3 rings (SSSR count). The molecule has 32 heavy (non-hydrogen) atoms. The molecule has 0 bridgehead atoms. The Kier molecular flexibility index (Phi) is 8.68. The van der Waals surface area contributed by atoms with Crippen LogP contribution in [0, 0.1) is 5.82 Å². The summed E-state index contributed by atoms with van der Waals surface area (Å²) >= 11 is 9.79. The van der Waals surface area contributed by atoms with Crippen molar-refractivity contribution in [1.82, 2.24) is 14.9 Å². The van der Waals surface area contributed by atoms with Gasteiger partial charge in [-0.2, -0.15) is 4.98 Å². The molecule has 0 amide bonds. The fourth-order valence-corrected chi connectivity index (χ4v) is 4.57. The van der Waals surface area contributed by atoms with Gasteiger partial charge >= 0.3 is 0 Å². The zero-order valence-corrected chi connectivity index (χ0v) is 21.1. The highest BCUT2D eigenvalue weighted by molar-refractivity contribution is 9.10. The van der Waals surface area contributed by atoms with Crippen LogP contribution in [0.4, 0.5) is 16.2 Å². The van der Waals surface area contributed by atoms with E-state index in [1.54, 1.807) is 18.2 Å². The summed E-state index contributed by atoms with van der Waals surface area (Å²) < 4.78 is 15.3. The maximum absolute atomic E-state index is 14.5. The number of halogens is 3. The van der Waals surface area contributed by atoms with Crippen molar-refractivity contribution >= 4 is 50.2 Å². The molecule has 0 aliphatic rings. The SMILES string of the molecule is CCN(CC)CCCC(C)Nc1nc(N)nc2cc(Cl)cc(Cc3cc(Br)ccc3F)c12. The summed E-state index contributed by atoms with van der Waals surface area (Å²) in [7, 11) is 0. The fraction of sp³-hybridized carbons (Fsp3) is 0.417. The molecule has 5 nitrogen and oxygen atoms in total. The number of nitrogen functional groups attached to an aromatic ring is 1. The third kappa shape index (κ3) is 6.30. The van der Waals surface area contributed by atoms with Crippen LogP contribution in [0.1, 0.15) is 44.7 Å². The standard InChI is InChI=1S/C24H30BrClFN5/c1-4-32(5-2)10-6-7-15(3)29-23-22-17(11-16-12-18(25)8-9-20(16)27)13-19(26)14-21(22)30-24(28)31-23/h8-9,12-15H,4-7,10-11H2,1-3H3,(H3,28,29,30,31). The van der Waals surface area contributed by atoms with E-state index in [9.17, 15) is 4.39 Å². The minimum atomic E-state index is -0.267. The number of hydrogen-bond donors (Lipinski definition) is 2. The van der Waals surface area contributed by atoms with Gasteiger partial charge in [0.25, 0.3) is 0 Å². The third-order valence-electron chi connectivity index (χ3n) is 5.64. The Morgan fingerprint density at radius 1 is 1.16 bits per heavy atom. The van der Waals surface area contributed by atoms with E-state index in [0.29, 0.717) is 28.3 Å². The molecule has 0 radical (unpaired) electrons. The van der Waals surface area contributed by atoms with Gasteiger partial charge < -0.3 is 16.0 Å². The second kappa shape index (κ2) is 11.3. The van der Waals surface area contributed by atoms with E-state index < -0.39 is 0 Å². The summed E-state index contributed by atoms with van der Waals surface area (Å²) in [4.78, 5) is 11.3. The Labute approximate surface area is 202 Å². The molecule has 3 aromatic rings. The average Bonchev–Trinajstić information content (AvgIpc) is 2.73. The number of rotatable bonds is 10. The molecule has 2 aromatic carbocycles. The first kappa shape index (κ1) is 24.7. The Hall–Kier alpha value is -1.96. The van der Waals surface area contributed by atoms with E-state index in [4.69, 9.17) is 17.3 Å². The number of nitrogens with zero attached hydrogens (tertiary/aromatic N) is 3. The average molecular weight is 523 g/mol. The molecule has 1 unspecified atom stereocenters. The first-order valence-electron chi connectivity index (χ1n) is 11.0. The van der Waals surface area contributed by atoms with Gasteiger partial charge in [-0.25, -0.2) is 9.37 Å². The summed E-state index contributed by atoms with van der Waals surface area (Å²) in [5, 5.41) is 4.86. The Morgan fingerprint density at radius 3 is 2.62 bits per heavy atom. The summed E-state index contributed by atoms with van der Waals surface area (Å²) in [5.74, 6) is 0.569. The van der Waals surface area contributed by atoms with Crippen molar-refractivity contribution < 1.29 is 4.39 Å². The van der Waals surface area contributed by atoms with Gasteiger partial charge in [0.1, 0.15) is 11.6 Å². The predicted molar refractivity (Wildman–Crippen MR) is 136 cm³/mol. The van der Waals surface area contributed by atoms with E-state index in [-0.39, 0.29) is 17.8 Å². The van der Waals surface area contributed by atoms with E-state index in [0.717, 1.165) is 47.9 Å². The van der Waals surface area contributed by atoms with Gasteiger partial charge in [0.2, 0.25) is 5.95 Å². The van der Waals surface area contributed by atoms with Crippen molar-refractivity contribution in [3.8, 4) is 0 Å². The fourth-order valence-electron chi connectivity index (χ4n) is 3.92. The van der Waals surface area contributed by atoms with Crippen molar-refractivity contribution in [2.45, 2.75) is 46.1 Å². The lowest BCUT2D eigenvalue weighted by molar-refractivity contribution is 0.295. The molecule has 0 saturated carbocycles. The quantitative estimate of drug-likeness (QED) is 0.328. The number of aromatic nitrogens is 2. The third-order valence-corrected chi connectivity index (χ3v) is 6.35. The summed E-state index contributed by atoms with van der Waals surface area (Å²) in [6.45, 7) is 9.68. The Bertz CT molecular complexity index is 1070. The van der Waals surface area contributed by atoms with E-state index >= 15 is 0 Å².